The molecule has 1 aromatic heterocycles. The minimum absolute atomic E-state index is 0.439. The highest BCUT2D eigenvalue weighted by Crippen LogP contribution is 2.34. The molecule has 7 heteroatoms. The van der Waals surface area contributed by atoms with Gasteiger partial charge in [-0.2, -0.15) is 4.98 Å². The van der Waals surface area contributed by atoms with Crippen molar-refractivity contribution in [1.29, 1.82) is 0 Å². The summed E-state index contributed by atoms with van der Waals surface area (Å²) in [6.07, 6.45) is 1.64. The molecule has 2 rings (SSSR count). The molecule has 0 saturated carbocycles. The first-order valence-corrected chi connectivity index (χ1v) is 7.46. The maximum Gasteiger partial charge on any atom is 0.238 e. The average molecular weight is 407 g/mol. The zero-order chi connectivity index (χ0) is 13.8. The van der Waals surface area contributed by atoms with Crippen molar-refractivity contribution in [1.82, 2.24) is 9.97 Å². The Hall–Kier alpha value is -0.850. The molecular weight excluding hydrogens is 397 g/mol. The van der Waals surface area contributed by atoms with Gasteiger partial charge in [0, 0.05) is 11.6 Å². The number of hydrogen-bond acceptors (Lipinski definition) is 4. The highest BCUT2D eigenvalue weighted by Gasteiger charge is 2.10. The first-order chi connectivity index (χ1) is 9.10. The van der Waals surface area contributed by atoms with E-state index in [1.165, 1.54) is 0 Å². The molecule has 2 aromatic rings. The molecule has 100 valence electrons. The van der Waals surface area contributed by atoms with E-state index in [2.05, 4.69) is 47.1 Å². The summed E-state index contributed by atoms with van der Waals surface area (Å²) in [4.78, 5) is 8.40. The summed E-state index contributed by atoms with van der Waals surface area (Å²) in [7, 11) is 0. The third kappa shape index (κ3) is 3.81. The Kier molecular flexibility index (Phi) is 5.01. The molecule has 0 spiro atoms. The van der Waals surface area contributed by atoms with Crippen molar-refractivity contribution < 1.29 is 4.74 Å². The molecule has 1 N–H and O–H groups in total. The summed E-state index contributed by atoms with van der Waals surface area (Å²) < 4.78 is 7.17. The van der Waals surface area contributed by atoms with Gasteiger partial charge in [0.1, 0.15) is 5.75 Å². The molecule has 0 radical (unpaired) electrons. The highest BCUT2D eigenvalue weighted by atomic mass is 79.9. The molecule has 4 nitrogen and oxygen atoms in total. The van der Waals surface area contributed by atoms with Crippen LogP contribution in [0.1, 0.15) is 6.92 Å². The van der Waals surface area contributed by atoms with Crippen LogP contribution < -0.4 is 10.1 Å². The molecule has 0 amide bonds. The Morgan fingerprint density at radius 2 is 2.11 bits per heavy atom. The minimum atomic E-state index is 0.439. The highest BCUT2D eigenvalue weighted by molar-refractivity contribution is 9.11. The van der Waals surface area contributed by atoms with Crippen LogP contribution in [-0.2, 0) is 0 Å². The Balaban J connectivity index is 2.29. The quantitative estimate of drug-likeness (QED) is 0.785. The summed E-state index contributed by atoms with van der Waals surface area (Å²) in [5, 5.41) is 3.66. The molecule has 19 heavy (non-hydrogen) atoms. The molecule has 0 bridgehead atoms. The van der Waals surface area contributed by atoms with Gasteiger partial charge < -0.3 is 10.1 Å². The van der Waals surface area contributed by atoms with Crippen molar-refractivity contribution in [2.45, 2.75) is 6.92 Å². The van der Waals surface area contributed by atoms with E-state index in [1.54, 1.807) is 24.4 Å². The van der Waals surface area contributed by atoms with Gasteiger partial charge in [-0.3, -0.25) is 0 Å². The number of nitrogens with one attached hydrogen (secondary N) is 1. The molecule has 0 aliphatic rings. The zero-order valence-corrected chi connectivity index (χ0v) is 13.9. The van der Waals surface area contributed by atoms with Crippen LogP contribution in [-0.4, -0.2) is 16.5 Å². The lowest BCUT2D eigenvalue weighted by Gasteiger charge is -2.10. The Labute approximate surface area is 132 Å². The van der Waals surface area contributed by atoms with Gasteiger partial charge in [0.05, 0.1) is 15.1 Å². The maximum absolute atomic E-state index is 5.89. The van der Waals surface area contributed by atoms with Crippen LogP contribution in [0.2, 0.25) is 5.02 Å². The first kappa shape index (κ1) is 14.6. The van der Waals surface area contributed by atoms with Crippen molar-refractivity contribution in [2.24, 2.45) is 0 Å². The normalized spacial score (nSPS) is 10.3. The second-order valence-corrected chi connectivity index (χ2v) is 5.70. The zero-order valence-electron chi connectivity index (χ0n) is 9.95. The van der Waals surface area contributed by atoms with Gasteiger partial charge in [-0.25, -0.2) is 4.98 Å². The molecule has 0 saturated heterocycles. The summed E-state index contributed by atoms with van der Waals surface area (Å²) in [6.45, 7) is 2.72. The summed E-state index contributed by atoms with van der Waals surface area (Å²) in [5.74, 6) is 1.59. The van der Waals surface area contributed by atoms with Crippen LogP contribution in [0.15, 0.2) is 33.3 Å². The van der Waals surface area contributed by atoms with E-state index in [1.807, 2.05) is 6.92 Å². The van der Waals surface area contributed by atoms with Crippen LogP contribution in [0.4, 0.5) is 5.95 Å². The topological polar surface area (TPSA) is 47.0 Å². The SMILES string of the molecule is CCNc1ncc(Br)c(Oc2ccc(Cl)cc2Br)n1. The van der Waals surface area contributed by atoms with Crippen molar-refractivity contribution in [3.05, 3.63) is 38.4 Å². The van der Waals surface area contributed by atoms with Gasteiger partial charge in [-0.15, -0.1) is 0 Å². The van der Waals surface area contributed by atoms with Crippen molar-refractivity contribution in [2.75, 3.05) is 11.9 Å². The molecule has 0 aliphatic carbocycles. The number of hydrogen-bond donors (Lipinski definition) is 1. The lowest BCUT2D eigenvalue weighted by atomic mass is 10.3. The molecule has 1 aromatic carbocycles. The third-order valence-corrected chi connectivity index (χ3v) is 3.55. The second-order valence-electron chi connectivity index (χ2n) is 3.55. The standard InChI is InChI=1S/C12H10Br2ClN3O/c1-2-16-12-17-6-9(14)11(18-12)19-10-4-3-7(15)5-8(10)13/h3-6H,2H2,1H3,(H,16,17,18). The van der Waals surface area contributed by atoms with E-state index in [4.69, 9.17) is 16.3 Å². The Morgan fingerprint density at radius 1 is 1.32 bits per heavy atom. The predicted molar refractivity (Wildman–Crippen MR) is 83.1 cm³/mol. The van der Waals surface area contributed by atoms with E-state index < -0.39 is 0 Å². The van der Waals surface area contributed by atoms with Gasteiger partial charge in [0.25, 0.3) is 0 Å². The second kappa shape index (κ2) is 6.54. The Bertz CT molecular complexity index is 595. The monoisotopic (exact) mass is 405 g/mol. The number of aromatic nitrogens is 2. The Morgan fingerprint density at radius 3 is 2.79 bits per heavy atom. The van der Waals surface area contributed by atoms with Crippen molar-refractivity contribution in [3.8, 4) is 11.6 Å². The van der Waals surface area contributed by atoms with Crippen LogP contribution in [0.3, 0.4) is 0 Å². The van der Waals surface area contributed by atoms with Gasteiger partial charge >= 0.3 is 0 Å². The molecular formula is C12H10Br2ClN3O. The largest absolute Gasteiger partial charge is 0.437 e. The van der Waals surface area contributed by atoms with E-state index >= 15 is 0 Å². The molecule has 1 heterocycles. The third-order valence-electron chi connectivity index (χ3n) is 2.15. The van der Waals surface area contributed by atoms with Gasteiger partial charge in [-0.05, 0) is 57.0 Å². The molecule has 0 unspecified atom stereocenters. The molecule has 0 atom stereocenters. The number of nitrogens with zero attached hydrogens (tertiary/aromatic N) is 2. The van der Waals surface area contributed by atoms with Gasteiger partial charge in [0.15, 0.2) is 0 Å². The lowest BCUT2D eigenvalue weighted by molar-refractivity contribution is 0.456. The maximum atomic E-state index is 5.89. The summed E-state index contributed by atoms with van der Waals surface area (Å²) >= 11 is 12.6. The first-order valence-electron chi connectivity index (χ1n) is 5.49. The van der Waals surface area contributed by atoms with Crippen molar-refractivity contribution in [3.63, 3.8) is 0 Å². The summed E-state index contributed by atoms with van der Waals surface area (Å²) in [5.41, 5.74) is 0. The van der Waals surface area contributed by atoms with Crippen LogP contribution in [0, 0.1) is 0 Å². The van der Waals surface area contributed by atoms with Crippen LogP contribution in [0.25, 0.3) is 0 Å². The van der Waals surface area contributed by atoms with Crippen LogP contribution in [0.5, 0.6) is 11.6 Å². The number of ether oxygens (including phenoxy) is 1. The fourth-order valence-corrected chi connectivity index (χ4v) is 2.36. The predicted octanol–water partition coefficient (Wildman–Crippen LogP) is 4.88. The number of halogens is 3. The fraction of sp³-hybridized carbons (Fsp3) is 0.167. The smallest absolute Gasteiger partial charge is 0.238 e. The number of anilines is 1. The minimum Gasteiger partial charge on any atom is -0.437 e. The van der Waals surface area contributed by atoms with Gasteiger partial charge in [0.2, 0.25) is 11.8 Å². The summed E-state index contributed by atoms with van der Waals surface area (Å²) in [6, 6.07) is 5.28. The number of benzene rings is 1. The van der Waals surface area contributed by atoms with E-state index in [9.17, 15) is 0 Å². The van der Waals surface area contributed by atoms with Crippen LogP contribution >= 0.6 is 43.5 Å². The van der Waals surface area contributed by atoms with Gasteiger partial charge in [-0.1, -0.05) is 11.6 Å². The lowest BCUT2D eigenvalue weighted by Crippen LogP contribution is -2.03. The number of rotatable bonds is 4. The van der Waals surface area contributed by atoms with E-state index in [0.717, 1.165) is 11.0 Å². The fourth-order valence-electron chi connectivity index (χ4n) is 1.33. The average Bonchev–Trinajstić information content (AvgIpc) is 2.37. The molecule has 0 fully saturated rings. The molecule has 0 aliphatic heterocycles. The van der Waals surface area contributed by atoms with E-state index in [-0.39, 0.29) is 0 Å². The van der Waals surface area contributed by atoms with Crippen molar-refractivity contribution >= 4 is 49.4 Å². The van der Waals surface area contributed by atoms with E-state index in [0.29, 0.717) is 27.1 Å².